The predicted octanol–water partition coefficient (Wildman–Crippen LogP) is 2.84. The second-order valence-corrected chi connectivity index (χ2v) is 5.71. The number of nitrogens with one attached hydrogen (secondary N) is 1. The first-order valence-electron chi connectivity index (χ1n) is 5.74. The van der Waals surface area contributed by atoms with Crippen LogP contribution in [0.4, 0.5) is 13.2 Å². The van der Waals surface area contributed by atoms with E-state index in [9.17, 15) is 22.2 Å². The molecule has 1 aromatic carbocycles. The van der Waals surface area contributed by atoms with Gasteiger partial charge in [-0.15, -0.1) is 0 Å². The fourth-order valence-corrected chi connectivity index (χ4v) is 2.23. The van der Waals surface area contributed by atoms with Crippen LogP contribution in [-0.4, -0.2) is 21.4 Å². The predicted molar refractivity (Wildman–Crippen MR) is 76.1 cm³/mol. The van der Waals surface area contributed by atoms with Crippen molar-refractivity contribution >= 4 is 28.5 Å². The van der Waals surface area contributed by atoms with E-state index in [-0.39, 0.29) is 16.1 Å². The molecule has 0 aliphatic carbocycles. The molecule has 0 aliphatic heterocycles. The van der Waals surface area contributed by atoms with Crippen LogP contribution in [0.3, 0.4) is 0 Å². The molecular weight excluding hydrogens is 341 g/mol. The molecule has 2 rings (SSSR count). The van der Waals surface area contributed by atoms with Crippen LogP contribution in [0, 0.1) is 17.6 Å². The van der Waals surface area contributed by atoms with Crippen LogP contribution in [0.2, 0.25) is 5.02 Å². The Bertz CT molecular complexity index is 786. The number of carbonyl (C=O) groups is 1. The molecule has 0 aliphatic rings. The van der Waals surface area contributed by atoms with Crippen LogP contribution >= 0.6 is 11.6 Å². The summed E-state index contributed by atoms with van der Waals surface area (Å²) in [5.74, 6) is -3.91. The molecule has 0 radical (unpaired) electrons. The molecule has 1 amide bonds. The van der Waals surface area contributed by atoms with Gasteiger partial charge in [-0.2, -0.15) is 4.39 Å². The van der Waals surface area contributed by atoms with Gasteiger partial charge in [0.1, 0.15) is 22.6 Å². The summed E-state index contributed by atoms with van der Waals surface area (Å²) in [6, 6.07) is 2.50. The average Bonchev–Trinajstić information content (AvgIpc) is 2.43. The molecule has 0 fully saturated rings. The number of amides is 1. The minimum absolute atomic E-state index is 0.0498. The molecule has 22 heavy (non-hydrogen) atoms. The van der Waals surface area contributed by atoms with Crippen LogP contribution < -0.4 is 4.72 Å². The molecule has 116 valence electrons. The second-order valence-electron chi connectivity index (χ2n) is 4.19. The zero-order chi connectivity index (χ0) is 16.4. The molecule has 2 aromatic rings. The van der Waals surface area contributed by atoms with E-state index < -0.39 is 40.0 Å². The third-order valence-corrected chi connectivity index (χ3v) is 3.38. The lowest BCUT2D eigenvalue weighted by Gasteiger charge is -2.08. The Morgan fingerprint density at radius 1 is 1.23 bits per heavy atom. The Labute approximate surface area is 130 Å². The SMILES string of the molecule is CS(=O)NC(=O)c1cc(F)c(-c2cnc(F)c(Cl)c2)cc1F. The number of pyridine rings is 1. The Kier molecular flexibility index (Phi) is 4.82. The van der Waals surface area contributed by atoms with Crippen LogP contribution in [0.5, 0.6) is 0 Å². The van der Waals surface area contributed by atoms with Crippen LogP contribution in [0.1, 0.15) is 10.4 Å². The van der Waals surface area contributed by atoms with Gasteiger partial charge in [0.25, 0.3) is 5.91 Å². The number of carbonyl (C=O) groups excluding carboxylic acids is 1. The monoisotopic (exact) mass is 348 g/mol. The molecule has 1 heterocycles. The van der Waals surface area contributed by atoms with Gasteiger partial charge in [-0.25, -0.2) is 18.0 Å². The topological polar surface area (TPSA) is 59.1 Å². The van der Waals surface area contributed by atoms with Gasteiger partial charge in [0.15, 0.2) is 0 Å². The summed E-state index contributed by atoms with van der Waals surface area (Å²) in [6.07, 6.45) is 2.16. The van der Waals surface area contributed by atoms with Gasteiger partial charge in [0, 0.05) is 23.6 Å². The van der Waals surface area contributed by atoms with Crippen molar-refractivity contribution in [1.29, 1.82) is 0 Å². The Hall–Kier alpha value is -1.93. The van der Waals surface area contributed by atoms with Crippen molar-refractivity contribution < 1.29 is 22.2 Å². The lowest BCUT2D eigenvalue weighted by atomic mass is 10.0. The molecule has 1 unspecified atom stereocenters. The van der Waals surface area contributed by atoms with Gasteiger partial charge in [-0.05, 0) is 18.2 Å². The smallest absolute Gasteiger partial charge is 0.266 e. The van der Waals surface area contributed by atoms with Crippen molar-refractivity contribution in [3.63, 3.8) is 0 Å². The van der Waals surface area contributed by atoms with E-state index >= 15 is 0 Å². The van der Waals surface area contributed by atoms with Crippen LogP contribution in [0.15, 0.2) is 24.4 Å². The number of aromatic nitrogens is 1. The van der Waals surface area contributed by atoms with E-state index in [4.69, 9.17) is 11.6 Å². The average molecular weight is 349 g/mol. The fraction of sp³-hybridized carbons (Fsp3) is 0.0769. The molecule has 1 aromatic heterocycles. The number of hydrogen-bond acceptors (Lipinski definition) is 3. The maximum atomic E-state index is 14.1. The van der Waals surface area contributed by atoms with Gasteiger partial charge in [0.05, 0.1) is 10.6 Å². The molecule has 0 spiro atoms. The first-order valence-corrected chi connectivity index (χ1v) is 7.68. The van der Waals surface area contributed by atoms with Crippen molar-refractivity contribution in [2.75, 3.05) is 6.26 Å². The number of halogens is 4. The van der Waals surface area contributed by atoms with Crippen molar-refractivity contribution in [2.24, 2.45) is 0 Å². The van der Waals surface area contributed by atoms with Crippen molar-refractivity contribution in [3.05, 3.63) is 52.6 Å². The molecule has 0 saturated heterocycles. The summed E-state index contributed by atoms with van der Waals surface area (Å²) in [5.41, 5.74) is -0.785. The quantitative estimate of drug-likeness (QED) is 0.868. The summed E-state index contributed by atoms with van der Waals surface area (Å²) in [4.78, 5) is 14.9. The Balaban J connectivity index is 2.48. The molecule has 0 bridgehead atoms. The molecule has 1 atom stereocenters. The molecule has 4 nitrogen and oxygen atoms in total. The van der Waals surface area contributed by atoms with E-state index in [1.165, 1.54) is 6.26 Å². The summed E-state index contributed by atoms with van der Waals surface area (Å²) in [5, 5.41) is -0.347. The molecule has 1 N–H and O–H groups in total. The van der Waals surface area contributed by atoms with E-state index in [0.717, 1.165) is 18.3 Å². The number of rotatable bonds is 3. The van der Waals surface area contributed by atoms with Crippen molar-refractivity contribution in [2.45, 2.75) is 0 Å². The zero-order valence-electron chi connectivity index (χ0n) is 11.0. The third kappa shape index (κ3) is 3.45. The summed E-state index contributed by atoms with van der Waals surface area (Å²) in [6.45, 7) is 0. The van der Waals surface area contributed by atoms with Crippen molar-refractivity contribution in [1.82, 2.24) is 9.71 Å². The van der Waals surface area contributed by atoms with E-state index in [0.29, 0.717) is 6.07 Å². The highest BCUT2D eigenvalue weighted by Gasteiger charge is 2.18. The van der Waals surface area contributed by atoms with Gasteiger partial charge < -0.3 is 0 Å². The van der Waals surface area contributed by atoms with Crippen molar-refractivity contribution in [3.8, 4) is 11.1 Å². The van der Waals surface area contributed by atoms with Crippen LogP contribution in [0.25, 0.3) is 11.1 Å². The van der Waals surface area contributed by atoms with Gasteiger partial charge in [-0.1, -0.05) is 11.6 Å². The maximum Gasteiger partial charge on any atom is 0.266 e. The minimum atomic E-state index is -1.72. The third-order valence-electron chi connectivity index (χ3n) is 2.65. The van der Waals surface area contributed by atoms with E-state index in [1.54, 1.807) is 0 Å². The highest BCUT2D eigenvalue weighted by atomic mass is 35.5. The van der Waals surface area contributed by atoms with Gasteiger partial charge >= 0.3 is 0 Å². The summed E-state index contributed by atoms with van der Waals surface area (Å²) < 4.78 is 53.8. The summed E-state index contributed by atoms with van der Waals surface area (Å²) in [7, 11) is -1.72. The molecular formula is C13H8ClF3N2O2S. The van der Waals surface area contributed by atoms with Gasteiger partial charge in [0.2, 0.25) is 5.95 Å². The fourth-order valence-electron chi connectivity index (χ4n) is 1.70. The highest BCUT2D eigenvalue weighted by molar-refractivity contribution is 7.82. The lowest BCUT2D eigenvalue weighted by molar-refractivity contribution is 0.0978. The first-order chi connectivity index (χ1) is 10.3. The first kappa shape index (κ1) is 16.4. The molecule has 9 heteroatoms. The number of hydrogen-bond donors (Lipinski definition) is 1. The normalized spacial score (nSPS) is 12.0. The van der Waals surface area contributed by atoms with E-state index in [2.05, 4.69) is 4.98 Å². The Morgan fingerprint density at radius 3 is 2.50 bits per heavy atom. The minimum Gasteiger partial charge on any atom is -0.271 e. The number of nitrogens with zero attached hydrogens (tertiary/aromatic N) is 1. The number of benzene rings is 1. The second kappa shape index (κ2) is 6.45. The van der Waals surface area contributed by atoms with Gasteiger partial charge in [-0.3, -0.25) is 9.52 Å². The standard InChI is InChI=1S/C13H8ClF3N2O2S/c1-22(21)19-13(20)8-4-10(15)7(3-11(8)16)6-2-9(14)12(17)18-5-6/h2-5H,1H3,(H,19,20). The lowest BCUT2D eigenvalue weighted by Crippen LogP contribution is -2.25. The zero-order valence-corrected chi connectivity index (χ0v) is 12.6. The highest BCUT2D eigenvalue weighted by Crippen LogP contribution is 2.27. The molecule has 0 saturated carbocycles. The largest absolute Gasteiger partial charge is 0.271 e. The summed E-state index contributed by atoms with van der Waals surface area (Å²) >= 11 is 5.54. The maximum absolute atomic E-state index is 14.1. The van der Waals surface area contributed by atoms with E-state index in [1.807, 2.05) is 4.72 Å². The van der Waals surface area contributed by atoms with Crippen LogP contribution in [-0.2, 0) is 11.0 Å². The Morgan fingerprint density at radius 2 is 1.91 bits per heavy atom.